The first-order valence-corrected chi connectivity index (χ1v) is 5.61. The van der Waals surface area contributed by atoms with E-state index >= 15 is 0 Å². The van der Waals surface area contributed by atoms with Crippen molar-refractivity contribution in [2.45, 2.75) is 32.2 Å². The smallest absolute Gasteiger partial charge is 0.224 e. The molecule has 15 heavy (non-hydrogen) atoms. The number of nitrogens with two attached hydrogens (primary N) is 1. The van der Waals surface area contributed by atoms with E-state index in [1.54, 1.807) is 0 Å². The van der Waals surface area contributed by atoms with E-state index in [1.165, 1.54) is 0 Å². The predicted octanol–water partition coefficient (Wildman–Crippen LogP) is 0.449. The Hall–Kier alpha value is -0.870. The molecule has 1 rings (SSSR count). The highest BCUT2D eigenvalue weighted by molar-refractivity contribution is 5.79. The molecule has 1 aliphatic heterocycles. The molecule has 1 fully saturated rings. The molecule has 86 valence electrons. The third-order valence-electron chi connectivity index (χ3n) is 2.71. The lowest BCUT2D eigenvalue weighted by atomic mass is 10.0. The summed E-state index contributed by atoms with van der Waals surface area (Å²) in [6, 6.07) is 0.270. The highest BCUT2D eigenvalue weighted by Crippen LogP contribution is 2.17. The molecule has 4 nitrogen and oxygen atoms in total. The number of amides is 1. The molecule has 0 aromatic carbocycles. The first-order chi connectivity index (χ1) is 7.19. The van der Waals surface area contributed by atoms with Crippen molar-refractivity contribution in [1.29, 1.82) is 0 Å². The highest BCUT2D eigenvalue weighted by Gasteiger charge is 2.26. The second-order valence-electron chi connectivity index (χ2n) is 3.95. The molecule has 0 aromatic rings. The average molecular weight is 211 g/mol. The van der Waals surface area contributed by atoms with Gasteiger partial charge in [0.2, 0.25) is 5.91 Å². The summed E-state index contributed by atoms with van der Waals surface area (Å²) in [6.07, 6.45) is 2.55. The van der Waals surface area contributed by atoms with Crippen molar-refractivity contribution in [1.82, 2.24) is 10.2 Å². The van der Waals surface area contributed by atoms with Crippen molar-refractivity contribution in [2.24, 2.45) is 5.73 Å². The maximum Gasteiger partial charge on any atom is 0.224 e. The van der Waals surface area contributed by atoms with E-state index in [1.807, 2.05) is 0 Å². The first kappa shape index (κ1) is 12.2. The molecule has 0 aromatic heterocycles. The number of nitrogens with zero attached hydrogens (tertiary/aromatic N) is 1. The normalized spacial score (nSPS) is 21.9. The summed E-state index contributed by atoms with van der Waals surface area (Å²) in [5.41, 5.74) is 6.41. The summed E-state index contributed by atoms with van der Waals surface area (Å²) in [5.74, 6) is 0.0837. The Kier molecular flexibility index (Phi) is 4.78. The van der Waals surface area contributed by atoms with Crippen molar-refractivity contribution in [3.05, 3.63) is 12.3 Å². The van der Waals surface area contributed by atoms with Crippen LogP contribution in [0.1, 0.15) is 26.2 Å². The minimum absolute atomic E-state index is 0.0837. The molecule has 1 aliphatic rings. The summed E-state index contributed by atoms with van der Waals surface area (Å²) in [4.78, 5) is 13.4. The van der Waals surface area contributed by atoms with E-state index < -0.39 is 0 Å². The third kappa shape index (κ3) is 3.32. The van der Waals surface area contributed by atoms with Gasteiger partial charge in [-0.25, -0.2) is 0 Å². The van der Waals surface area contributed by atoms with Crippen LogP contribution in [0.3, 0.4) is 0 Å². The fourth-order valence-corrected chi connectivity index (χ4v) is 2.05. The van der Waals surface area contributed by atoms with Gasteiger partial charge in [-0.15, -0.1) is 0 Å². The Bertz CT molecular complexity index is 234. The van der Waals surface area contributed by atoms with E-state index in [4.69, 9.17) is 5.73 Å². The molecule has 1 heterocycles. The number of rotatable bonds is 5. The van der Waals surface area contributed by atoms with Crippen molar-refractivity contribution < 1.29 is 4.79 Å². The lowest BCUT2D eigenvalue weighted by molar-refractivity contribution is -0.122. The Balaban J connectivity index is 2.57. The van der Waals surface area contributed by atoms with Gasteiger partial charge in [0.25, 0.3) is 0 Å². The van der Waals surface area contributed by atoms with Crippen LogP contribution in [0.4, 0.5) is 0 Å². The molecule has 4 heteroatoms. The van der Waals surface area contributed by atoms with E-state index in [-0.39, 0.29) is 11.9 Å². The number of carbonyl (C=O) groups excluding carboxylic acids is 1. The summed E-state index contributed by atoms with van der Waals surface area (Å²) < 4.78 is 0. The van der Waals surface area contributed by atoms with Gasteiger partial charge in [-0.2, -0.15) is 0 Å². The molecule has 0 aliphatic carbocycles. The molecule has 0 spiro atoms. The Morgan fingerprint density at radius 2 is 2.33 bits per heavy atom. The van der Waals surface area contributed by atoms with Gasteiger partial charge in [0, 0.05) is 31.2 Å². The molecular weight excluding hydrogens is 190 g/mol. The molecule has 0 saturated carbocycles. The SMILES string of the molecule is C=C1NC(=O)CCC1N(CCC)CCN. The van der Waals surface area contributed by atoms with Crippen LogP contribution in [0.25, 0.3) is 0 Å². The van der Waals surface area contributed by atoms with Crippen molar-refractivity contribution in [3.63, 3.8) is 0 Å². The fraction of sp³-hybridized carbons (Fsp3) is 0.727. The largest absolute Gasteiger partial charge is 0.329 e. The quantitative estimate of drug-likeness (QED) is 0.694. The van der Waals surface area contributed by atoms with Crippen LogP contribution in [0.5, 0.6) is 0 Å². The zero-order valence-electron chi connectivity index (χ0n) is 9.46. The third-order valence-corrected chi connectivity index (χ3v) is 2.71. The van der Waals surface area contributed by atoms with Crippen LogP contribution in [-0.4, -0.2) is 36.5 Å². The maximum atomic E-state index is 11.1. The number of hydrogen-bond donors (Lipinski definition) is 2. The highest BCUT2D eigenvalue weighted by atomic mass is 16.1. The minimum Gasteiger partial charge on any atom is -0.329 e. The van der Waals surface area contributed by atoms with Gasteiger partial charge in [0.1, 0.15) is 0 Å². The summed E-state index contributed by atoms with van der Waals surface area (Å²) in [7, 11) is 0. The van der Waals surface area contributed by atoms with Gasteiger partial charge in [-0.3, -0.25) is 9.69 Å². The lowest BCUT2D eigenvalue weighted by Gasteiger charge is -2.35. The van der Waals surface area contributed by atoms with Gasteiger partial charge in [-0.05, 0) is 19.4 Å². The van der Waals surface area contributed by atoms with Crippen LogP contribution in [0.2, 0.25) is 0 Å². The van der Waals surface area contributed by atoms with Crippen LogP contribution in [0.15, 0.2) is 12.3 Å². The number of nitrogens with one attached hydrogen (secondary N) is 1. The Morgan fingerprint density at radius 3 is 2.87 bits per heavy atom. The summed E-state index contributed by atoms with van der Waals surface area (Å²) in [5, 5.41) is 2.81. The van der Waals surface area contributed by atoms with Gasteiger partial charge < -0.3 is 11.1 Å². The van der Waals surface area contributed by atoms with Crippen molar-refractivity contribution in [2.75, 3.05) is 19.6 Å². The number of hydrogen-bond acceptors (Lipinski definition) is 3. The van der Waals surface area contributed by atoms with Crippen LogP contribution in [-0.2, 0) is 4.79 Å². The van der Waals surface area contributed by atoms with Gasteiger partial charge in [0.05, 0.1) is 0 Å². The number of carbonyl (C=O) groups is 1. The van der Waals surface area contributed by atoms with E-state index in [2.05, 4.69) is 23.7 Å². The van der Waals surface area contributed by atoms with Crippen LogP contribution >= 0.6 is 0 Å². The summed E-state index contributed by atoms with van der Waals surface area (Å²) in [6.45, 7) is 8.59. The molecule has 1 atom stereocenters. The molecule has 1 amide bonds. The second-order valence-corrected chi connectivity index (χ2v) is 3.95. The predicted molar refractivity (Wildman–Crippen MR) is 61.2 cm³/mol. The zero-order chi connectivity index (χ0) is 11.3. The molecule has 0 radical (unpaired) electrons. The van der Waals surface area contributed by atoms with Gasteiger partial charge in [0.15, 0.2) is 0 Å². The maximum absolute atomic E-state index is 11.1. The first-order valence-electron chi connectivity index (χ1n) is 5.61. The molecule has 3 N–H and O–H groups in total. The Morgan fingerprint density at radius 1 is 1.60 bits per heavy atom. The lowest BCUT2D eigenvalue weighted by Crippen LogP contribution is -2.47. The van der Waals surface area contributed by atoms with E-state index in [0.717, 1.165) is 31.6 Å². The van der Waals surface area contributed by atoms with Crippen LogP contribution in [0, 0.1) is 0 Å². The van der Waals surface area contributed by atoms with E-state index in [9.17, 15) is 4.79 Å². The minimum atomic E-state index is 0.0837. The number of piperidine rings is 1. The topological polar surface area (TPSA) is 58.4 Å². The molecule has 0 bridgehead atoms. The van der Waals surface area contributed by atoms with Crippen molar-refractivity contribution >= 4 is 5.91 Å². The average Bonchev–Trinajstić information content (AvgIpc) is 2.17. The van der Waals surface area contributed by atoms with E-state index in [0.29, 0.717) is 13.0 Å². The zero-order valence-corrected chi connectivity index (χ0v) is 9.46. The summed E-state index contributed by atoms with van der Waals surface area (Å²) >= 11 is 0. The fourth-order valence-electron chi connectivity index (χ4n) is 2.05. The standard InChI is InChI=1S/C11H21N3O/c1-3-7-14(8-6-12)10-4-5-11(15)13-9(10)2/h10H,2-8,12H2,1H3,(H,13,15). The van der Waals surface area contributed by atoms with Crippen LogP contribution < -0.4 is 11.1 Å². The monoisotopic (exact) mass is 211 g/mol. The molecule has 1 saturated heterocycles. The van der Waals surface area contributed by atoms with Gasteiger partial charge in [-0.1, -0.05) is 13.5 Å². The van der Waals surface area contributed by atoms with Crippen molar-refractivity contribution in [3.8, 4) is 0 Å². The Labute approximate surface area is 91.5 Å². The molecular formula is C11H21N3O. The van der Waals surface area contributed by atoms with Gasteiger partial charge >= 0.3 is 0 Å². The second kappa shape index (κ2) is 5.88. The molecule has 1 unspecified atom stereocenters.